The van der Waals surface area contributed by atoms with E-state index in [0.29, 0.717) is 37.9 Å². The molecule has 0 spiro atoms. The molecule has 2 aliphatic heterocycles. The molecule has 1 aromatic rings. The molecule has 0 saturated carbocycles. The number of hydrogen-bond acceptors (Lipinski definition) is 16. The molecular weight excluding hydrogens is 961 g/mol. The van der Waals surface area contributed by atoms with Gasteiger partial charge in [-0.05, 0) is 89.5 Å². The molecule has 2 aliphatic rings. The third-order valence-electron chi connectivity index (χ3n) is 11.2. The molecule has 2 fully saturated rings. The lowest BCUT2D eigenvalue weighted by Crippen LogP contribution is -2.36. The second-order valence-electron chi connectivity index (χ2n) is 17.3. The van der Waals surface area contributed by atoms with Crippen LogP contribution in [0.4, 0.5) is 5.82 Å². The first-order valence-electron chi connectivity index (χ1n) is 25.1. The summed E-state index contributed by atoms with van der Waals surface area (Å²) in [5.74, 6) is -1.42. The summed E-state index contributed by atoms with van der Waals surface area (Å²) in [6.45, 7) is 1.98. The summed E-state index contributed by atoms with van der Waals surface area (Å²) in [6.07, 6.45) is 36.0. The number of esters is 2. The van der Waals surface area contributed by atoms with Crippen LogP contribution in [0.1, 0.15) is 148 Å². The van der Waals surface area contributed by atoms with E-state index in [-0.39, 0.29) is 18.7 Å². The van der Waals surface area contributed by atoms with Gasteiger partial charge in [0, 0.05) is 19.0 Å². The Labute approximate surface area is 419 Å². The van der Waals surface area contributed by atoms with Crippen LogP contribution in [0.15, 0.2) is 90.0 Å². The highest BCUT2D eigenvalue weighted by atomic mass is 31.3. The van der Waals surface area contributed by atoms with Gasteiger partial charge in [-0.1, -0.05) is 119 Å². The minimum absolute atomic E-state index is 0.0163. The van der Waals surface area contributed by atoms with Crippen LogP contribution in [0.2, 0.25) is 0 Å². The highest BCUT2D eigenvalue weighted by molar-refractivity contribution is 7.61. The third kappa shape index (κ3) is 27.7. The normalized spacial score (nSPS) is 22.6. The number of hydrogen-bond donors (Lipinski definition) is 5. The Balaban J connectivity index is 1.43. The van der Waals surface area contributed by atoms with Gasteiger partial charge in [0.05, 0.1) is 25.4 Å². The molecule has 4 unspecified atom stereocenters. The number of epoxide rings is 1. The van der Waals surface area contributed by atoms with E-state index in [2.05, 4.69) is 71.8 Å². The van der Waals surface area contributed by atoms with Gasteiger partial charge in [-0.25, -0.2) is 13.9 Å². The predicted octanol–water partition coefficient (Wildman–Crippen LogP) is 9.10. The highest BCUT2D eigenvalue weighted by Crippen LogP contribution is 2.60. The van der Waals surface area contributed by atoms with Gasteiger partial charge >= 0.3 is 33.3 Å². The number of nitrogens with two attached hydrogens (primary N) is 1. The zero-order valence-electron chi connectivity index (χ0n) is 41.4. The quantitative estimate of drug-likeness (QED) is 0.0135. The van der Waals surface area contributed by atoms with Crippen molar-refractivity contribution in [3.05, 3.63) is 95.7 Å². The molecule has 0 radical (unpaired) electrons. The van der Waals surface area contributed by atoms with Gasteiger partial charge in [0.15, 0.2) is 12.3 Å². The van der Waals surface area contributed by atoms with Crippen molar-refractivity contribution in [3.8, 4) is 0 Å². The van der Waals surface area contributed by atoms with Crippen molar-refractivity contribution in [2.75, 3.05) is 25.6 Å². The first-order chi connectivity index (χ1) is 34.1. The van der Waals surface area contributed by atoms with E-state index in [0.717, 1.165) is 62.1 Å². The molecule has 0 amide bonds. The molecule has 3 heterocycles. The Hall–Kier alpha value is -3.84. The number of phosphoric ester groups is 2. The maximum Gasteiger partial charge on any atom is 0.481 e. The zero-order valence-corrected chi connectivity index (χ0v) is 43.2. The molecule has 0 aromatic carbocycles. The van der Waals surface area contributed by atoms with Crippen molar-refractivity contribution >= 4 is 33.4 Å². The molecule has 21 heteroatoms. The van der Waals surface area contributed by atoms with Crippen LogP contribution in [0, 0.1) is 0 Å². The van der Waals surface area contributed by atoms with Crippen molar-refractivity contribution in [1.29, 1.82) is 0 Å². The van der Waals surface area contributed by atoms with Gasteiger partial charge in [0.2, 0.25) is 0 Å². The number of aliphatic hydroxyl groups excluding tert-OH is 2. The van der Waals surface area contributed by atoms with E-state index in [1.807, 2.05) is 24.3 Å². The van der Waals surface area contributed by atoms with Crippen molar-refractivity contribution < 1.29 is 71.0 Å². The summed E-state index contributed by atoms with van der Waals surface area (Å²) in [6, 6.07) is 1.24. The number of nitrogen functional groups attached to an aromatic ring is 1. The molecule has 2 saturated heterocycles. The first kappa shape index (κ1) is 61.5. The van der Waals surface area contributed by atoms with Gasteiger partial charge in [-0.3, -0.25) is 23.2 Å². The lowest BCUT2D eigenvalue weighted by atomic mass is 10.1. The summed E-state index contributed by atoms with van der Waals surface area (Å²) in [5, 5.41) is 20.9. The van der Waals surface area contributed by atoms with E-state index in [1.54, 1.807) is 0 Å². The Kier molecular flexibility index (Phi) is 30.6. The van der Waals surface area contributed by atoms with Gasteiger partial charge in [0.1, 0.15) is 30.7 Å². The summed E-state index contributed by atoms with van der Waals surface area (Å²) >= 11 is 0. The van der Waals surface area contributed by atoms with Gasteiger partial charge in [-0.2, -0.15) is 9.29 Å². The Morgan fingerprint density at radius 2 is 1.27 bits per heavy atom. The Bertz CT molecular complexity index is 2040. The van der Waals surface area contributed by atoms with Crippen LogP contribution in [-0.4, -0.2) is 97.9 Å². The van der Waals surface area contributed by atoms with Crippen molar-refractivity contribution in [3.63, 3.8) is 0 Å². The number of carbonyl (C=O) groups is 2. The largest absolute Gasteiger partial charge is 0.481 e. The number of phosphoric acid groups is 2. The number of allylic oxidation sites excluding steroid dienone is 11. The molecule has 1 aromatic heterocycles. The number of aliphatic hydroxyl groups is 2. The average molecular weight is 1040 g/mol. The van der Waals surface area contributed by atoms with E-state index in [4.69, 9.17) is 33.7 Å². The molecule has 71 heavy (non-hydrogen) atoms. The fourth-order valence-electron chi connectivity index (χ4n) is 7.17. The number of rotatable bonds is 39. The number of unbranched alkanes of at least 4 members (excludes halogenated alkanes) is 8. The fourth-order valence-corrected chi connectivity index (χ4v) is 9.28. The van der Waals surface area contributed by atoms with E-state index < -0.39 is 83.7 Å². The lowest BCUT2D eigenvalue weighted by Gasteiger charge is -2.21. The predicted molar refractivity (Wildman–Crippen MR) is 270 cm³/mol. The SMILES string of the molecule is CCCCC/C=C\C/C=C\C/C=C\CCCCC(=O)O[C@H](COC(=O)CCC/C=C\C/C=C\C/C=C\CC1OC1CCCCC)COP(=O)(O)OP(=O)(O)OC[C@H]1O[C@@H](n2ccc(N)nc2=O)[C@H](O)[C@@H]1O. The molecule has 400 valence electrons. The maximum absolute atomic E-state index is 12.8. The number of aromatic nitrogens is 2. The molecular formula is C50H79N3O16P2. The van der Waals surface area contributed by atoms with Crippen LogP contribution >= 0.6 is 15.6 Å². The van der Waals surface area contributed by atoms with Crippen LogP contribution < -0.4 is 11.4 Å². The molecule has 19 nitrogen and oxygen atoms in total. The van der Waals surface area contributed by atoms with Gasteiger partial charge in [0.25, 0.3) is 0 Å². The van der Waals surface area contributed by atoms with Crippen LogP contribution in [0.5, 0.6) is 0 Å². The second kappa shape index (κ2) is 35.3. The standard InChI is InChI=1S/C50H79N3O16P2/c1-3-5-7-8-9-10-11-12-13-14-15-20-23-26-30-34-46(55)66-40(37-63-45(54)33-29-25-22-19-17-16-18-21-24-28-32-42-41(67-42)31-27-6-4-2)38-64-70(59,60)69-71(61,62)65-39-43-47(56)48(57)49(68-43)53-36-35-44(51)52-50(53)58/h9-10,12-13,15-16,18-20,22,24,28,35-36,40-43,47-49,56-57H,3-8,11,14,17,21,23,25-27,29-34,37-39H2,1-2H3,(H,59,60)(H,61,62)(H2,51,52,58)/b10-9-,13-12-,18-16-,20-15-,22-19-,28-24-/t40-,41?,42?,43-,47-,48-,49-/m1/s1. The minimum Gasteiger partial charge on any atom is -0.462 e. The average Bonchev–Trinajstić information content (AvgIpc) is 4.02. The second-order valence-corrected chi connectivity index (χ2v) is 20.4. The monoisotopic (exact) mass is 1040 g/mol. The zero-order chi connectivity index (χ0) is 51.7. The van der Waals surface area contributed by atoms with Gasteiger partial charge in [-0.15, -0.1) is 0 Å². The smallest absolute Gasteiger partial charge is 0.462 e. The summed E-state index contributed by atoms with van der Waals surface area (Å²) < 4.78 is 62.4. The Morgan fingerprint density at radius 1 is 0.704 bits per heavy atom. The lowest BCUT2D eigenvalue weighted by molar-refractivity contribution is -0.161. The summed E-state index contributed by atoms with van der Waals surface area (Å²) in [5.41, 5.74) is 4.58. The molecule has 0 bridgehead atoms. The number of anilines is 1. The van der Waals surface area contributed by atoms with Crippen LogP contribution in [0.3, 0.4) is 0 Å². The van der Waals surface area contributed by atoms with Crippen molar-refractivity contribution in [2.45, 2.75) is 185 Å². The van der Waals surface area contributed by atoms with Gasteiger partial charge < -0.3 is 44.7 Å². The summed E-state index contributed by atoms with van der Waals surface area (Å²) in [4.78, 5) is 61.8. The molecule has 3 rings (SSSR count). The topological polar surface area (TPSA) is 278 Å². The summed E-state index contributed by atoms with van der Waals surface area (Å²) in [7, 11) is -10.9. The van der Waals surface area contributed by atoms with Crippen molar-refractivity contribution in [1.82, 2.24) is 9.55 Å². The minimum atomic E-state index is -5.45. The van der Waals surface area contributed by atoms with E-state index in [1.165, 1.54) is 44.6 Å². The highest BCUT2D eigenvalue weighted by Gasteiger charge is 2.46. The Morgan fingerprint density at radius 3 is 1.90 bits per heavy atom. The van der Waals surface area contributed by atoms with Crippen molar-refractivity contribution in [2.24, 2.45) is 0 Å². The first-order valence-corrected chi connectivity index (χ1v) is 28.1. The molecule has 9 atom stereocenters. The third-order valence-corrected chi connectivity index (χ3v) is 13.8. The van der Waals surface area contributed by atoms with Crippen LogP contribution in [-0.2, 0) is 51.0 Å². The number of carbonyl (C=O) groups excluding carboxylic acids is 2. The molecule has 0 aliphatic carbocycles. The van der Waals surface area contributed by atoms with E-state index >= 15 is 0 Å². The van der Waals surface area contributed by atoms with Crippen LogP contribution in [0.25, 0.3) is 0 Å². The number of ether oxygens (including phenoxy) is 4. The maximum atomic E-state index is 12.8. The fraction of sp³-hybridized carbons (Fsp3) is 0.640. The number of nitrogens with zero attached hydrogens (tertiary/aromatic N) is 2. The van der Waals surface area contributed by atoms with E-state index in [9.17, 15) is 43.5 Å². The molecule has 6 N–H and O–H groups in total.